The normalized spacial score (nSPS) is 29.8. The van der Waals surface area contributed by atoms with Gasteiger partial charge >= 0.3 is 0 Å². The smallest absolute Gasteiger partial charge is 0.0100 e. The van der Waals surface area contributed by atoms with Gasteiger partial charge in [0.2, 0.25) is 0 Å². The number of rotatable bonds is 5. The average Bonchev–Trinajstić information content (AvgIpc) is 2.98. The van der Waals surface area contributed by atoms with Crippen molar-refractivity contribution in [3.05, 3.63) is 0 Å². The minimum absolute atomic E-state index is 0.668. The summed E-state index contributed by atoms with van der Waals surface area (Å²) in [5.41, 5.74) is 0.668. The highest BCUT2D eigenvalue weighted by molar-refractivity contribution is 9.09. The molecular weight excluding hydrogens is 288 g/mol. The molecule has 1 aliphatic carbocycles. The molecule has 2 aliphatic heterocycles. The van der Waals surface area contributed by atoms with Gasteiger partial charge in [0.05, 0.1) is 0 Å². The number of nitrogens with zero attached hydrogens (tertiary/aromatic N) is 2. The van der Waals surface area contributed by atoms with E-state index in [0.29, 0.717) is 5.41 Å². The summed E-state index contributed by atoms with van der Waals surface area (Å²) >= 11 is 3.70. The molecule has 0 amide bonds. The molecule has 2 nitrogen and oxygen atoms in total. The first-order chi connectivity index (χ1) is 8.80. The van der Waals surface area contributed by atoms with E-state index >= 15 is 0 Å². The third kappa shape index (κ3) is 3.29. The lowest BCUT2D eigenvalue weighted by atomic mass is 9.95. The second-order valence-corrected chi connectivity index (χ2v) is 7.42. The van der Waals surface area contributed by atoms with E-state index in [1.54, 1.807) is 0 Å². The van der Waals surface area contributed by atoms with Gasteiger partial charge in [-0.05, 0) is 76.0 Å². The van der Waals surface area contributed by atoms with Crippen molar-refractivity contribution >= 4 is 15.9 Å². The maximum absolute atomic E-state index is 3.70. The Morgan fingerprint density at radius 2 is 1.61 bits per heavy atom. The summed E-state index contributed by atoms with van der Waals surface area (Å²) in [6.45, 7) is 8.19. The van der Waals surface area contributed by atoms with Crippen LogP contribution in [0.2, 0.25) is 0 Å². The third-order valence-electron chi connectivity index (χ3n) is 5.22. The van der Waals surface area contributed by atoms with Crippen molar-refractivity contribution < 1.29 is 0 Å². The van der Waals surface area contributed by atoms with E-state index in [4.69, 9.17) is 0 Å². The van der Waals surface area contributed by atoms with E-state index in [2.05, 4.69) is 25.7 Å². The zero-order chi connectivity index (χ0) is 12.4. The van der Waals surface area contributed by atoms with Crippen LogP contribution in [0, 0.1) is 11.3 Å². The molecule has 0 spiro atoms. The molecule has 0 bridgehead atoms. The fourth-order valence-electron chi connectivity index (χ4n) is 3.64. The summed E-state index contributed by atoms with van der Waals surface area (Å²) in [5.74, 6) is 0.985. The largest absolute Gasteiger partial charge is 0.303 e. The molecule has 0 N–H and O–H groups in total. The highest BCUT2D eigenvalue weighted by Gasteiger charge is 2.43. The van der Waals surface area contributed by atoms with Gasteiger partial charge in [0.15, 0.2) is 0 Å². The predicted octanol–water partition coefficient (Wildman–Crippen LogP) is 2.97. The van der Waals surface area contributed by atoms with Gasteiger partial charge in [-0.3, -0.25) is 0 Å². The molecule has 104 valence electrons. The van der Waals surface area contributed by atoms with E-state index in [-0.39, 0.29) is 0 Å². The highest BCUT2D eigenvalue weighted by atomic mass is 79.9. The molecule has 0 atom stereocenters. The van der Waals surface area contributed by atoms with Crippen LogP contribution < -0.4 is 0 Å². The zero-order valence-electron chi connectivity index (χ0n) is 11.5. The topological polar surface area (TPSA) is 6.48 Å². The fourth-order valence-corrected chi connectivity index (χ4v) is 4.38. The van der Waals surface area contributed by atoms with Gasteiger partial charge in [-0.2, -0.15) is 0 Å². The molecule has 3 aliphatic rings. The number of hydrogen-bond donors (Lipinski definition) is 0. The standard InChI is InChI=1S/C15H27BrN2/c16-12-15(5-6-15)13-18-9-3-14(4-10-18)11-17-7-1-2-8-17/h14H,1-13H2. The van der Waals surface area contributed by atoms with Crippen molar-refractivity contribution in [3.8, 4) is 0 Å². The highest BCUT2D eigenvalue weighted by Crippen LogP contribution is 2.47. The quantitative estimate of drug-likeness (QED) is 0.720. The van der Waals surface area contributed by atoms with E-state index in [1.165, 1.54) is 83.1 Å². The Bertz CT molecular complexity index is 264. The molecule has 0 radical (unpaired) electrons. The summed E-state index contributed by atoms with van der Waals surface area (Å²) in [4.78, 5) is 5.43. The molecule has 18 heavy (non-hydrogen) atoms. The van der Waals surface area contributed by atoms with E-state index in [1.807, 2.05) is 0 Å². The van der Waals surface area contributed by atoms with E-state index < -0.39 is 0 Å². The summed E-state index contributed by atoms with van der Waals surface area (Å²) in [6.07, 6.45) is 8.65. The van der Waals surface area contributed by atoms with Crippen LogP contribution in [0.25, 0.3) is 0 Å². The second-order valence-electron chi connectivity index (χ2n) is 6.86. The number of hydrogen-bond acceptors (Lipinski definition) is 2. The molecule has 3 fully saturated rings. The Labute approximate surface area is 120 Å². The summed E-state index contributed by atoms with van der Waals surface area (Å²) in [7, 11) is 0. The van der Waals surface area contributed by atoms with Crippen LogP contribution in [0.5, 0.6) is 0 Å². The van der Waals surface area contributed by atoms with Crippen molar-refractivity contribution in [1.29, 1.82) is 0 Å². The summed E-state index contributed by atoms with van der Waals surface area (Å²) in [5, 5.41) is 1.22. The number of likely N-dealkylation sites (tertiary alicyclic amines) is 2. The first-order valence-electron chi connectivity index (χ1n) is 7.80. The van der Waals surface area contributed by atoms with Gasteiger partial charge < -0.3 is 9.80 Å². The van der Waals surface area contributed by atoms with Crippen molar-refractivity contribution in [2.75, 3.05) is 44.6 Å². The first-order valence-corrected chi connectivity index (χ1v) is 8.93. The SMILES string of the molecule is BrCC1(CN2CCC(CN3CCCC3)CC2)CC1. The van der Waals surface area contributed by atoms with E-state index in [9.17, 15) is 0 Å². The van der Waals surface area contributed by atoms with Crippen LogP contribution in [-0.2, 0) is 0 Å². The molecule has 0 unspecified atom stereocenters. The molecule has 3 heteroatoms. The number of alkyl halides is 1. The Morgan fingerprint density at radius 1 is 0.944 bits per heavy atom. The molecule has 0 aromatic heterocycles. The van der Waals surface area contributed by atoms with Gasteiger partial charge in [-0.25, -0.2) is 0 Å². The maximum atomic E-state index is 3.70. The molecule has 2 heterocycles. The minimum Gasteiger partial charge on any atom is -0.303 e. The lowest BCUT2D eigenvalue weighted by Gasteiger charge is -2.35. The fraction of sp³-hybridized carbons (Fsp3) is 1.00. The third-order valence-corrected chi connectivity index (χ3v) is 6.41. The van der Waals surface area contributed by atoms with Gasteiger partial charge in [0.25, 0.3) is 0 Å². The molecule has 2 saturated heterocycles. The second kappa shape index (κ2) is 5.80. The van der Waals surface area contributed by atoms with Gasteiger partial charge in [-0.15, -0.1) is 0 Å². The minimum atomic E-state index is 0.668. The lowest BCUT2D eigenvalue weighted by molar-refractivity contribution is 0.137. The number of halogens is 1. The predicted molar refractivity (Wildman–Crippen MR) is 80.3 cm³/mol. The molecule has 1 saturated carbocycles. The Hall–Kier alpha value is 0.400. The van der Waals surface area contributed by atoms with Gasteiger partial charge in [0, 0.05) is 18.4 Å². The van der Waals surface area contributed by atoms with E-state index in [0.717, 1.165) is 5.92 Å². The van der Waals surface area contributed by atoms with Crippen LogP contribution in [-0.4, -0.2) is 54.4 Å². The van der Waals surface area contributed by atoms with Crippen molar-refractivity contribution in [1.82, 2.24) is 9.80 Å². The van der Waals surface area contributed by atoms with Gasteiger partial charge in [-0.1, -0.05) is 15.9 Å². The lowest BCUT2D eigenvalue weighted by Crippen LogP contribution is -2.40. The summed E-state index contributed by atoms with van der Waals surface area (Å²) < 4.78 is 0. The molecule has 0 aromatic carbocycles. The first kappa shape index (κ1) is 13.4. The van der Waals surface area contributed by atoms with Crippen molar-refractivity contribution in [2.24, 2.45) is 11.3 Å². The molecular formula is C15H27BrN2. The number of piperidine rings is 1. The van der Waals surface area contributed by atoms with Crippen molar-refractivity contribution in [2.45, 2.75) is 38.5 Å². The van der Waals surface area contributed by atoms with Crippen molar-refractivity contribution in [3.63, 3.8) is 0 Å². The maximum Gasteiger partial charge on any atom is 0.0100 e. The Morgan fingerprint density at radius 3 is 2.17 bits per heavy atom. The van der Waals surface area contributed by atoms with Crippen LogP contribution >= 0.6 is 15.9 Å². The zero-order valence-corrected chi connectivity index (χ0v) is 13.1. The van der Waals surface area contributed by atoms with Crippen LogP contribution in [0.15, 0.2) is 0 Å². The van der Waals surface area contributed by atoms with Gasteiger partial charge in [0.1, 0.15) is 0 Å². The van der Waals surface area contributed by atoms with Crippen LogP contribution in [0.3, 0.4) is 0 Å². The molecule has 0 aromatic rings. The molecule has 3 rings (SSSR count). The van der Waals surface area contributed by atoms with Crippen LogP contribution in [0.1, 0.15) is 38.5 Å². The average molecular weight is 315 g/mol. The monoisotopic (exact) mass is 314 g/mol. The summed E-state index contributed by atoms with van der Waals surface area (Å²) in [6, 6.07) is 0. The van der Waals surface area contributed by atoms with Crippen LogP contribution in [0.4, 0.5) is 0 Å². The Kier molecular flexibility index (Phi) is 4.32. The Balaban J connectivity index is 1.38.